The van der Waals surface area contributed by atoms with Gasteiger partial charge in [0, 0.05) is 18.6 Å². The first-order valence-electron chi connectivity index (χ1n) is 7.20. The molecule has 104 valence electrons. The molecule has 0 N–H and O–H groups in total. The maximum absolute atomic E-state index is 4.10. The molecule has 0 saturated carbocycles. The molecule has 0 atom stereocenters. The molecule has 0 amide bonds. The highest BCUT2D eigenvalue weighted by molar-refractivity contribution is 6.42. The summed E-state index contributed by atoms with van der Waals surface area (Å²) in [4.78, 5) is 4.10. The molecular formula is C18H18N2Si. The van der Waals surface area contributed by atoms with Crippen LogP contribution < -0.4 is 0 Å². The van der Waals surface area contributed by atoms with Crippen molar-refractivity contribution in [3.63, 3.8) is 0 Å². The van der Waals surface area contributed by atoms with E-state index in [1.54, 1.807) is 0 Å². The molecule has 3 heteroatoms. The Balaban J connectivity index is 1.85. The van der Waals surface area contributed by atoms with Gasteiger partial charge in [0.05, 0.1) is 15.8 Å². The van der Waals surface area contributed by atoms with E-state index < -0.39 is 0 Å². The summed E-state index contributed by atoms with van der Waals surface area (Å²) < 4.78 is 2.16. The Labute approximate surface area is 127 Å². The van der Waals surface area contributed by atoms with E-state index in [1.165, 1.54) is 16.7 Å². The molecular weight excluding hydrogens is 272 g/mol. The number of hydrogen-bond donors (Lipinski definition) is 0. The topological polar surface area (TPSA) is 17.8 Å². The van der Waals surface area contributed by atoms with Crippen molar-refractivity contribution < 1.29 is 0 Å². The van der Waals surface area contributed by atoms with Gasteiger partial charge in [-0.15, -0.1) is 0 Å². The largest absolute Gasteiger partial charge is 0.341 e. The molecule has 1 heterocycles. The number of imidazole rings is 1. The van der Waals surface area contributed by atoms with E-state index in [-0.39, 0.29) is 9.52 Å². The van der Waals surface area contributed by atoms with Crippen LogP contribution in [0.25, 0.3) is 5.57 Å². The zero-order valence-corrected chi connectivity index (χ0v) is 13.3. The van der Waals surface area contributed by atoms with Gasteiger partial charge in [0.15, 0.2) is 0 Å². The molecule has 21 heavy (non-hydrogen) atoms. The van der Waals surface area contributed by atoms with Gasteiger partial charge in [-0.25, -0.2) is 4.98 Å². The Hall–Kier alpha value is -2.39. The highest BCUT2D eigenvalue weighted by Crippen LogP contribution is 2.22. The molecule has 3 rings (SSSR count). The first-order valence-corrected chi connectivity index (χ1v) is 9.02. The molecule has 0 unspecified atom stereocenters. The van der Waals surface area contributed by atoms with Crippen molar-refractivity contribution >= 4 is 15.1 Å². The van der Waals surface area contributed by atoms with Gasteiger partial charge in [0.25, 0.3) is 0 Å². The lowest BCUT2D eigenvalue weighted by molar-refractivity contribution is 0.874. The van der Waals surface area contributed by atoms with Gasteiger partial charge in [-0.1, -0.05) is 66.4 Å². The van der Waals surface area contributed by atoms with Crippen molar-refractivity contribution in [2.24, 2.45) is 0 Å². The molecule has 2 aromatic carbocycles. The number of rotatable bonds is 5. The summed E-state index contributed by atoms with van der Waals surface area (Å²) in [6, 6.07) is 21.3. The van der Waals surface area contributed by atoms with Crippen LogP contribution in [0.1, 0.15) is 11.1 Å². The SMILES string of the molecule is C([SiH2]Cn1ccnc1)=C(c1ccccc1)c1ccccc1. The predicted molar refractivity (Wildman–Crippen MR) is 90.7 cm³/mol. The van der Waals surface area contributed by atoms with Crippen molar-refractivity contribution in [1.29, 1.82) is 0 Å². The maximum atomic E-state index is 4.10. The van der Waals surface area contributed by atoms with E-state index in [9.17, 15) is 0 Å². The second-order valence-corrected chi connectivity index (χ2v) is 6.37. The zero-order chi connectivity index (χ0) is 14.3. The second-order valence-electron chi connectivity index (χ2n) is 4.94. The second kappa shape index (κ2) is 6.86. The highest BCUT2D eigenvalue weighted by Gasteiger charge is 2.03. The van der Waals surface area contributed by atoms with E-state index in [4.69, 9.17) is 0 Å². The highest BCUT2D eigenvalue weighted by atomic mass is 28.2. The quantitative estimate of drug-likeness (QED) is 0.660. The van der Waals surface area contributed by atoms with Crippen molar-refractivity contribution in [2.75, 3.05) is 0 Å². The van der Waals surface area contributed by atoms with E-state index in [1.807, 2.05) is 18.7 Å². The van der Waals surface area contributed by atoms with Crippen LogP contribution in [-0.4, -0.2) is 19.1 Å². The van der Waals surface area contributed by atoms with Crippen molar-refractivity contribution in [3.05, 3.63) is 96.2 Å². The van der Waals surface area contributed by atoms with Gasteiger partial charge in [-0.2, -0.15) is 0 Å². The predicted octanol–water partition coefficient (Wildman–Crippen LogP) is 3.10. The summed E-state index contributed by atoms with van der Waals surface area (Å²) in [5.74, 6) is 0. The summed E-state index contributed by atoms with van der Waals surface area (Å²) in [6.45, 7) is 0. The molecule has 0 fully saturated rings. The van der Waals surface area contributed by atoms with Gasteiger partial charge in [0.1, 0.15) is 0 Å². The zero-order valence-electron chi connectivity index (χ0n) is 11.9. The first-order chi connectivity index (χ1) is 10.4. The smallest absolute Gasteiger partial charge is 0.0942 e. The molecule has 0 aliphatic carbocycles. The summed E-state index contributed by atoms with van der Waals surface area (Å²) in [6.07, 6.45) is 6.85. The van der Waals surface area contributed by atoms with Crippen LogP contribution in [0, 0.1) is 0 Å². The molecule has 2 nitrogen and oxygen atoms in total. The number of aromatic nitrogens is 2. The van der Waals surface area contributed by atoms with E-state index >= 15 is 0 Å². The number of benzene rings is 2. The Morgan fingerprint density at radius 2 is 1.57 bits per heavy atom. The van der Waals surface area contributed by atoms with Crippen molar-refractivity contribution in [2.45, 2.75) is 6.17 Å². The fourth-order valence-electron chi connectivity index (χ4n) is 2.41. The maximum Gasteiger partial charge on any atom is 0.0942 e. The molecule has 3 aromatic rings. The van der Waals surface area contributed by atoms with Crippen molar-refractivity contribution in [1.82, 2.24) is 9.55 Å². The molecule has 0 aliphatic heterocycles. The Morgan fingerprint density at radius 3 is 2.10 bits per heavy atom. The molecule has 0 aliphatic rings. The van der Waals surface area contributed by atoms with Gasteiger partial charge in [0.2, 0.25) is 0 Å². The summed E-state index contributed by atoms with van der Waals surface area (Å²) >= 11 is 0. The van der Waals surface area contributed by atoms with Crippen LogP contribution in [-0.2, 0) is 6.17 Å². The van der Waals surface area contributed by atoms with Crippen LogP contribution in [0.2, 0.25) is 0 Å². The number of hydrogen-bond acceptors (Lipinski definition) is 1. The van der Waals surface area contributed by atoms with Crippen LogP contribution in [0.4, 0.5) is 0 Å². The van der Waals surface area contributed by atoms with Crippen LogP contribution in [0.3, 0.4) is 0 Å². The Bertz CT molecular complexity index is 647. The van der Waals surface area contributed by atoms with Crippen LogP contribution >= 0.6 is 0 Å². The van der Waals surface area contributed by atoms with E-state index in [0.717, 1.165) is 6.17 Å². The number of nitrogens with zero attached hydrogens (tertiary/aromatic N) is 2. The normalized spacial score (nSPS) is 10.9. The van der Waals surface area contributed by atoms with Gasteiger partial charge < -0.3 is 4.57 Å². The molecule has 0 bridgehead atoms. The average molecular weight is 290 g/mol. The van der Waals surface area contributed by atoms with Gasteiger partial charge in [-0.3, -0.25) is 0 Å². The standard InChI is InChI=1S/C18H18N2Si/c1-3-7-16(8-4-1)18(17-9-5-2-6-10-17)13-21-15-20-12-11-19-14-20/h1-14H,15,21H2. The van der Waals surface area contributed by atoms with E-state index in [0.29, 0.717) is 0 Å². The lowest BCUT2D eigenvalue weighted by Crippen LogP contribution is -2.02. The summed E-state index contributed by atoms with van der Waals surface area (Å²) in [5, 5.41) is 0. The minimum Gasteiger partial charge on any atom is -0.341 e. The third kappa shape index (κ3) is 3.58. The summed E-state index contributed by atoms with van der Waals surface area (Å²) in [5.41, 5.74) is 6.39. The first kappa shape index (κ1) is 13.6. The minimum atomic E-state index is -0.332. The molecule has 0 spiro atoms. The lowest BCUT2D eigenvalue weighted by atomic mass is 10.00. The summed E-state index contributed by atoms with van der Waals surface area (Å²) in [7, 11) is -0.332. The lowest BCUT2D eigenvalue weighted by Gasteiger charge is -2.09. The minimum absolute atomic E-state index is 0.332. The van der Waals surface area contributed by atoms with Gasteiger partial charge >= 0.3 is 0 Å². The monoisotopic (exact) mass is 290 g/mol. The molecule has 0 radical (unpaired) electrons. The molecule has 1 aromatic heterocycles. The average Bonchev–Trinajstić information content (AvgIpc) is 3.07. The fraction of sp³-hybridized carbons (Fsp3) is 0.0556. The van der Waals surface area contributed by atoms with Crippen LogP contribution in [0.15, 0.2) is 85.1 Å². The van der Waals surface area contributed by atoms with Crippen LogP contribution in [0.5, 0.6) is 0 Å². The third-order valence-corrected chi connectivity index (χ3v) is 4.94. The third-order valence-electron chi connectivity index (χ3n) is 3.46. The van der Waals surface area contributed by atoms with Gasteiger partial charge in [-0.05, 0) is 16.7 Å². The Kier molecular flexibility index (Phi) is 4.44. The molecule has 0 saturated heterocycles. The Morgan fingerprint density at radius 1 is 0.952 bits per heavy atom. The fourth-order valence-corrected chi connectivity index (χ4v) is 3.87. The van der Waals surface area contributed by atoms with Crippen molar-refractivity contribution in [3.8, 4) is 0 Å². The van der Waals surface area contributed by atoms with E-state index in [2.05, 4.69) is 75.9 Å².